The van der Waals surface area contributed by atoms with Crippen LogP contribution in [0, 0.1) is 5.92 Å². The van der Waals surface area contributed by atoms with Gasteiger partial charge in [0.25, 0.3) is 5.56 Å². The number of benzene rings is 1. The summed E-state index contributed by atoms with van der Waals surface area (Å²) in [6.07, 6.45) is 4.82. The zero-order valence-corrected chi connectivity index (χ0v) is 16.3. The van der Waals surface area contributed by atoms with E-state index in [4.69, 9.17) is 16.3 Å². The number of aromatic nitrogens is 2. The minimum absolute atomic E-state index is 0.180. The van der Waals surface area contributed by atoms with E-state index in [1.165, 1.54) is 15.8 Å². The highest BCUT2D eigenvalue weighted by atomic mass is 35.5. The summed E-state index contributed by atoms with van der Waals surface area (Å²) >= 11 is 6.35. The normalized spacial score (nSPS) is 20.3. The monoisotopic (exact) mass is 388 g/mol. The Morgan fingerprint density at radius 1 is 1.37 bits per heavy atom. The van der Waals surface area contributed by atoms with Gasteiger partial charge in [0, 0.05) is 26.2 Å². The smallest absolute Gasteiger partial charge is 0.292 e. The standard InChI is InChI=1S/C20H25ClN4O2/c1-24-7-6-15-9-17(5-4-16(15)12-24)25-20(26)19(21)18(11-23-25)22-10-14-3-2-8-27-13-14/h4-5,9,11,14,22H,2-3,6-8,10,12-13H2,1H3/t14-/m0/s1. The summed E-state index contributed by atoms with van der Waals surface area (Å²) in [5.74, 6) is 0.441. The molecule has 0 amide bonds. The van der Waals surface area contributed by atoms with Gasteiger partial charge < -0.3 is 15.0 Å². The summed E-state index contributed by atoms with van der Waals surface area (Å²) < 4.78 is 6.88. The van der Waals surface area contributed by atoms with E-state index in [2.05, 4.69) is 34.5 Å². The number of hydrogen-bond acceptors (Lipinski definition) is 5. The van der Waals surface area contributed by atoms with Crippen LogP contribution in [0.3, 0.4) is 0 Å². The number of halogens is 1. The first-order chi connectivity index (χ1) is 13.1. The van der Waals surface area contributed by atoms with Crippen molar-refractivity contribution in [1.29, 1.82) is 0 Å². The van der Waals surface area contributed by atoms with Crippen molar-refractivity contribution >= 4 is 17.3 Å². The van der Waals surface area contributed by atoms with E-state index in [0.717, 1.165) is 57.8 Å². The molecule has 0 radical (unpaired) electrons. The zero-order chi connectivity index (χ0) is 18.8. The molecule has 1 aromatic heterocycles. The van der Waals surface area contributed by atoms with Crippen molar-refractivity contribution in [2.45, 2.75) is 25.8 Å². The highest BCUT2D eigenvalue weighted by Crippen LogP contribution is 2.22. The van der Waals surface area contributed by atoms with Gasteiger partial charge in [0.2, 0.25) is 0 Å². The summed E-state index contributed by atoms with van der Waals surface area (Å²) in [7, 11) is 2.12. The predicted octanol–water partition coefficient (Wildman–Crippen LogP) is 2.71. The van der Waals surface area contributed by atoms with Crippen LogP contribution in [0.15, 0.2) is 29.2 Å². The number of nitrogens with zero attached hydrogens (tertiary/aromatic N) is 3. The van der Waals surface area contributed by atoms with Crippen LogP contribution in [-0.2, 0) is 17.7 Å². The van der Waals surface area contributed by atoms with Crippen LogP contribution in [0.4, 0.5) is 5.69 Å². The van der Waals surface area contributed by atoms with E-state index in [9.17, 15) is 4.79 Å². The first-order valence-electron chi connectivity index (χ1n) is 9.52. The lowest BCUT2D eigenvalue weighted by Crippen LogP contribution is -2.28. The molecule has 1 fully saturated rings. The third kappa shape index (κ3) is 4.03. The highest BCUT2D eigenvalue weighted by molar-refractivity contribution is 6.32. The number of hydrogen-bond donors (Lipinski definition) is 1. The first kappa shape index (κ1) is 18.5. The molecule has 6 nitrogen and oxygen atoms in total. The Hall–Kier alpha value is -1.89. The number of likely N-dealkylation sites (N-methyl/N-ethyl adjacent to an activating group) is 1. The fourth-order valence-corrected chi connectivity index (χ4v) is 3.97. The number of rotatable bonds is 4. The van der Waals surface area contributed by atoms with E-state index in [1.54, 1.807) is 6.20 Å². The minimum atomic E-state index is -0.297. The Kier molecular flexibility index (Phi) is 5.48. The van der Waals surface area contributed by atoms with Gasteiger partial charge in [-0.25, -0.2) is 0 Å². The second-order valence-corrected chi connectivity index (χ2v) is 7.87. The SMILES string of the molecule is CN1CCc2cc(-n3ncc(NC[C@@H]4CCCOC4)c(Cl)c3=O)ccc2C1. The van der Waals surface area contributed by atoms with Crippen molar-refractivity contribution in [2.24, 2.45) is 5.92 Å². The number of fused-ring (bicyclic) bond motifs is 1. The first-order valence-corrected chi connectivity index (χ1v) is 9.90. The second-order valence-electron chi connectivity index (χ2n) is 7.49. The molecular weight excluding hydrogens is 364 g/mol. The maximum Gasteiger partial charge on any atom is 0.292 e. The largest absolute Gasteiger partial charge is 0.382 e. The molecule has 2 aliphatic rings. The van der Waals surface area contributed by atoms with Crippen LogP contribution in [0.25, 0.3) is 5.69 Å². The molecule has 4 rings (SSSR count). The molecule has 0 aliphatic carbocycles. The van der Waals surface area contributed by atoms with Crippen molar-refractivity contribution in [3.8, 4) is 5.69 Å². The molecule has 2 aliphatic heterocycles. The van der Waals surface area contributed by atoms with Crippen LogP contribution >= 0.6 is 11.6 Å². The average molecular weight is 389 g/mol. The summed E-state index contributed by atoms with van der Waals surface area (Å²) in [5, 5.41) is 7.80. The second kappa shape index (κ2) is 8.00. The van der Waals surface area contributed by atoms with E-state index in [0.29, 0.717) is 11.6 Å². The van der Waals surface area contributed by atoms with E-state index in [-0.39, 0.29) is 10.6 Å². The Bertz CT molecular complexity index is 877. The molecule has 7 heteroatoms. The van der Waals surface area contributed by atoms with Crippen molar-refractivity contribution in [2.75, 3.05) is 38.7 Å². The highest BCUT2D eigenvalue weighted by Gasteiger charge is 2.17. The molecule has 0 unspecified atom stereocenters. The van der Waals surface area contributed by atoms with Gasteiger partial charge in [0.15, 0.2) is 0 Å². The average Bonchev–Trinajstić information content (AvgIpc) is 2.69. The maximum absolute atomic E-state index is 12.8. The van der Waals surface area contributed by atoms with Crippen molar-refractivity contribution in [3.63, 3.8) is 0 Å². The molecule has 1 atom stereocenters. The maximum atomic E-state index is 12.8. The number of nitrogens with one attached hydrogen (secondary N) is 1. The van der Waals surface area contributed by atoms with Gasteiger partial charge in [-0.05, 0) is 55.5 Å². The van der Waals surface area contributed by atoms with Gasteiger partial charge in [0.05, 0.1) is 24.2 Å². The topological polar surface area (TPSA) is 59.4 Å². The van der Waals surface area contributed by atoms with E-state index >= 15 is 0 Å². The minimum Gasteiger partial charge on any atom is -0.382 e. The predicted molar refractivity (Wildman–Crippen MR) is 107 cm³/mol. The van der Waals surface area contributed by atoms with Gasteiger partial charge in [0.1, 0.15) is 5.02 Å². The van der Waals surface area contributed by atoms with Crippen LogP contribution in [-0.4, -0.2) is 48.0 Å². The Balaban J connectivity index is 1.54. The number of ether oxygens (including phenoxy) is 1. The van der Waals surface area contributed by atoms with Gasteiger partial charge in [-0.2, -0.15) is 9.78 Å². The zero-order valence-electron chi connectivity index (χ0n) is 15.6. The summed E-state index contributed by atoms with van der Waals surface area (Å²) in [6.45, 7) is 4.28. The Labute approximate surface area is 164 Å². The van der Waals surface area contributed by atoms with Crippen LogP contribution in [0.1, 0.15) is 24.0 Å². The Morgan fingerprint density at radius 2 is 2.26 bits per heavy atom. The fourth-order valence-electron chi connectivity index (χ4n) is 3.77. The van der Waals surface area contributed by atoms with Crippen LogP contribution in [0.5, 0.6) is 0 Å². The molecule has 144 valence electrons. The number of anilines is 1. The van der Waals surface area contributed by atoms with Gasteiger partial charge >= 0.3 is 0 Å². The molecule has 0 saturated carbocycles. The van der Waals surface area contributed by atoms with Crippen molar-refractivity contribution in [1.82, 2.24) is 14.7 Å². The summed E-state index contributed by atoms with van der Waals surface area (Å²) in [4.78, 5) is 15.0. The van der Waals surface area contributed by atoms with Crippen LogP contribution in [0.2, 0.25) is 5.02 Å². The van der Waals surface area contributed by atoms with Crippen molar-refractivity contribution < 1.29 is 4.74 Å². The van der Waals surface area contributed by atoms with Crippen LogP contribution < -0.4 is 10.9 Å². The molecule has 0 bridgehead atoms. The fraction of sp³-hybridized carbons (Fsp3) is 0.500. The van der Waals surface area contributed by atoms with Gasteiger partial charge in [-0.3, -0.25) is 4.79 Å². The summed E-state index contributed by atoms with van der Waals surface area (Å²) in [5.41, 5.74) is 3.63. The Morgan fingerprint density at radius 3 is 3.07 bits per heavy atom. The third-order valence-electron chi connectivity index (χ3n) is 5.39. The molecule has 1 aromatic carbocycles. The molecule has 0 spiro atoms. The van der Waals surface area contributed by atoms with Gasteiger partial charge in [-0.15, -0.1) is 0 Å². The third-order valence-corrected chi connectivity index (χ3v) is 5.76. The molecule has 27 heavy (non-hydrogen) atoms. The quantitative estimate of drug-likeness (QED) is 0.872. The van der Waals surface area contributed by atoms with Gasteiger partial charge in [-0.1, -0.05) is 17.7 Å². The molecular formula is C20H25ClN4O2. The molecule has 1 saturated heterocycles. The summed E-state index contributed by atoms with van der Waals surface area (Å²) in [6, 6.07) is 6.08. The van der Waals surface area contributed by atoms with E-state index < -0.39 is 0 Å². The van der Waals surface area contributed by atoms with Crippen molar-refractivity contribution in [3.05, 3.63) is 50.9 Å². The molecule has 2 aromatic rings. The van der Waals surface area contributed by atoms with E-state index in [1.807, 2.05) is 6.07 Å². The lowest BCUT2D eigenvalue weighted by atomic mass is 9.99. The molecule has 3 heterocycles. The lowest BCUT2D eigenvalue weighted by Gasteiger charge is -2.25. The lowest BCUT2D eigenvalue weighted by molar-refractivity contribution is 0.0595. The molecule has 1 N–H and O–H groups in total.